The summed E-state index contributed by atoms with van der Waals surface area (Å²) in [5.41, 5.74) is 0. The maximum Gasteiger partial charge on any atom is 0.211 e. The summed E-state index contributed by atoms with van der Waals surface area (Å²) in [4.78, 5) is 21.1. The van der Waals surface area contributed by atoms with E-state index >= 15 is 0 Å². The van der Waals surface area contributed by atoms with Crippen LogP contribution in [0.25, 0.3) is 0 Å². The minimum Gasteiger partial charge on any atom is -0.297 e. The lowest BCUT2D eigenvalue weighted by atomic mass is 10.4. The van der Waals surface area contributed by atoms with Gasteiger partial charge in [0.25, 0.3) is 0 Å². The molecule has 2 aromatic heterocycles. The van der Waals surface area contributed by atoms with Crippen molar-refractivity contribution in [3.05, 3.63) is 55.4 Å². The standard InChI is InChI=1S/C10H6ClNO3S2.C4HCl2NOS/c11-10-9(8(6-13)16-12-10)17(14,15)7-4-2-1-3-5-7;5-3-2(1-8)9-7-4(3)6/h1-6H;1H. The van der Waals surface area contributed by atoms with E-state index in [9.17, 15) is 18.0 Å². The first-order chi connectivity index (χ1) is 12.3. The topological polar surface area (TPSA) is 94.1 Å². The Morgan fingerprint density at radius 1 is 0.846 bits per heavy atom. The van der Waals surface area contributed by atoms with Gasteiger partial charge in [-0.05, 0) is 35.2 Å². The SMILES string of the molecule is O=Cc1snc(Cl)c1Cl.O=Cc1snc(Cl)c1S(=O)(=O)c1ccccc1. The van der Waals surface area contributed by atoms with E-state index in [2.05, 4.69) is 8.75 Å². The number of benzene rings is 1. The van der Waals surface area contributed by atoms with E-state index < -0.39 is 9.84 Å². The van der Waals surface area contributed by atoms with Crippen molar-refractivity contribution in [3.8, 4) is 0 Å². The number of hydrogen-bond donors (Lipinski definition) is 0. The summed E-state index contributed by atoms with van der Waals surface area (Å²) in [5, 5.41) is 0.279. The molecule has 3 rings (SSSR count). The normalized spacial score (nSPS) is 10.7. The first kappa shape index (κ1) is 20.9. The lowest BCUT2D eigenvalue weighted by molar-refractivity contribution is 0.111. The fraction of sp³-hybridized carbons (Fsp3) is 0. The molecular formula is C14H7Cl3N2O4S3. The first-order valence-corrected chi connectivity index (χ1v) is 10.7. The molecule has 12 heteroatoms. The second-order valence-electron chi connectivity index (χ2n) is 4.37. The van der Waals surface area contributed by atoms with Crippen LogP contribution in [-0.2, 0) is 9.84 Å². The number of nitrogens with zero attached hydrogens (tertiary/aromatic N) is 2. The van der Waals surface area contributed by atoms with Crippen LogP contribution >= 0.6 is 57.9 Å². The number of carbonyl (C=O) groups excluding carboxylic acids is 2. The average molecular weight is 470 g/mol. The molecule has 1 aromatic carbocycles. The quantitative estimate of drug-likeness (QED) is 0.514. The molecule has 0 aliphatic carbocycles. The largest absolute Gasteiger partial charge is 0.297 e. The van der Waals surface area contributed by atoms with Crippen LogP contribution in [0.2, 0.25) is 15.3 Å². The number of halogens is 3. The first-order valence-electron chi connectivity index (χ1n) is 6.49. The highest BCUT2D eigenvalue weighted by Crippen LogP contribution is 2.31. The van der Waals surface area contributed by atoms with Crippen LogP contribution in [0.1, 0.15) is 19.3 Å². The number of aromatic nitrogens is 2. The molecule has 136 valence electrons. The van der Waals surface area contributed by atoms with Gasteiger partial charge in [-0.3, -0.25) is 9.59 Å². The maximum atomic E-state index is 12.2. The zero-order chi connectivity index (χ0) is 19.3. The molecule has 0 amide bonds. The van der Waals surface area contributed by atoms with Crippen molar-refractivity contribution in [1.82, 2.24) is 8.75 Å². The Morgan fingerprint density at radius 2 is 1.38 bits per heavy atom. The summed E-state index contributed by atoms with van der Waals surface area (Å²) in [7, 11) is -3.78. The number of hydrogen-bond acceptors (Lipinski definition) is 8. The van der Waals surface area contributed by atoms with Crippen LogP contribution in [-0.4, -0.2) is 29.7 Å². The van der Waals surface area contributed by atoms with Crippen molar-refractivity contribution >= 4 is 80.3 Å². The van der Waals surface area contributed by atoms with E-state index in [1.165, 1.54) is 12.1 Å². The molecule has 0 saturated heterocycles. The molecule has 3 aromatic rings. The van der Waals surface area contributed by atoms with Crippen molar-refractivity contribution in [2.24, 2.45) is 0 Å². The lowest BCUT2D eigenvalue weighted by Crippen LogP contribution is -2.03. The molecule has 0 aliphatic rings. The minimum atomic E-state index is -3.78. The molecule has 0 aliphatic heterocycles. The third kappa shape index (κ3) is 4.48. The number of carbonyl (C=O) groups is 2. The van der Waals surface area contributed by atoms with Gasteiger partial charge in [-0.25, -0.2) is 8.42 Å². The highest BCUT2D eigenvalue weighted by Gasteiger charge is 2.27. The zero-order valence-electron chi connectivity index (χ0n) is 12.4. The number of rotatable bonds is 4. The second-order valence-corrected chi connectivity index (χ2v) is 8.96. The highest BCUT2D eigenvalue weighted by atomic mass is 35.5. The molecular weight excluding hydrogens is 463 g/mol. The van der Waals surface area contributed by atoms with Crippen molar-refractivity contribution in [3.63, 3.8) is 0 Å². The van der Waals surface area contributed by atoms with Gasteiger partial charge in [0.1, 0.15) is 19.7 Å². The van der Waals surface area contributed by atoms with E-state index in [-0.39, 0.29) is 30.0 Å². The Bertz CT molecular complexity index is 1030. The smallest absolute Gasteiger partial charge is 0.211 e. The molecule has 0 atom stereocenters. The van der Waals surface area contributed by atoms with Gasteiger partial charge in [-0.2, -0.15) is 8.75 Å². The Balaban J connectivity index is 0.000000228. The van der Waals surface area contributed by atoms with Gasteiger partial charge in [0.15, 0.2) is 22.9 Å². The summed E-state index contributed by atoms with van der Waals surface area (Å²) in [6.45, 7) is 0. The second kappa shape index (κ2) is 9.03. The summed E-state index contributed by atoms with van der Waals surface area (Å²) < 4.78 is 31.7. The van der Waals surface area contributed by atoms with Crippen molar-refractivity contribution in [1.29, 1.82) is 0 Å². The molecule has 0 saturated carbocycles. The predicted molar refractivity (Wildman–Crippen MR) is 102 cm³/mol. The molecule has 26 heavy (non-hydrogen) atoms. The van der Waals surface area contributed by atoms with Gasteiger partial charge < -0.3 is 0 Å². The molecule has 0 fully saturated rings. The van der Waals surface area contributed by atoms with Gasteiger partial charge in [-0.1, -0.05) is 53.0 Å². The Morgan fingerprint density at radius 3 is 1.85 bits per heavy atom. The Labute approximate surface area is 171 Å². The summed E-state index contributed by atoms with van der Waals surface area (Å²) in [6, 6.07) is 7.78. The summed E-state index contributed by atoms with van der Waals surface area (Å²) in [6.07, 6.45) is 1.07. The van der Waals surface area contributed by atoms with E-state index in [1.807, 2.05) is 0 Å². The van der Waals surface area contributed by atoms with Crippen molar-refractivity contribution < 1.29 is 18.0 Å². The van der Waals surface area contributed by atoms with Crippen LogP contribution in [0.15, 0.2) is 40.1 Å². The van der Waals surface area contributed by atoms with Gasteiger partial charge in [0.05, 0.1) is 4.90 Å². The van der Waals surface area contributed by atoms with Crippen molar-refractivity contribution in [2.45, 2.75) is 9.79 Å². The van der Waals surface area contributed by atoms with Crippen molar-refractivity contribution in [2.75, 3.05) is 0 Å². The summed E-state index contributed by atoms with van der Waals surface area (Å²) >= 11 is 18.4. The number of aldehydes is 2. The average Bonchev–Trinajstić information content (AvgIpc) is 3.19. The van der Waals surface area contributed by atoms with Gasteiger partial charge in [0.2, 0.25) is 9.84 Å². The van der Waals surface area contributed by atoms with Crippen LogP contribution < -0.4 is 0 Å². The lowest BCUT2D eigenvalue weighted by Gasteiger charge is -2.02. The molecule has 0 N–H and O–H groups in total. The van der Waals surface area contributed by atoms with Crippen LogP contribution in [0.5, 0.6) is 0 Å². The van der Waals surface area contributed by atoms with Crippen LogP contribution in [0.4, 0.5) is 0 Å². The van der Waals surface area contributed by atoms with E-state index in [0.717, 1.165) is 23.1 Å². The van der Waals surface area contributed by atoms with E-state index in [0.29, 0.717) is 17.4 Å². The fourth-order valence-corrected chi connectivity index (χ4v) is 5.53. The molecule has 0 spiro atoms. The molecule has 2 heterocycles. The Kier molecular flexibility index (Phi) is 7.27. The van der Waals surface area contributed by atoms with Crippen LogP contribution in [0, 0.1) is 0 Å². The van der Waals surface area contributed by atoms with E-state index in [1.54, 1.807) is 18.2 Å². The minimum absolute atomic E-state index is 0.0128. The number of sulfone groups is 1. The van der Waals surface area contributed by atoms with Crippen LogP contribution in [0.3, 0.4) is 0 Å². The predicted octanol–water partition coefficient (Wildman–Crippen LogP) is 4.70. The fourth-order valence-electron chi connectivity index (χ4n) is 1.65. The van der Waals surface area contributed by atoms with Gasteiger partial charge >= 0.3 is 0 Å². The third-order valence-corrected chi connectivity index (χ3v) is 7.76. The maximum absolute atomic E-state index is 12.2. The van der Waals surface area contributed by atoms with E-state index in [4.69, 9.17) is 34.8 Å². The monoisotopic (exact) mass is 468 g/mol. The van der Waals surface area contributed by atoms with Gasteiger partial charge in [-0.15, -0.1) is 0 Å². The Hall–Kier alpha value is -1.36. The zero-order valence-corrected chi connectivity index (χ0v) is 17.1. The third-order valence-electron chi connectivity index (χ3n) is 2.79. The molecule has 0 bridgehead atoms. The highest BCUT2D eigenvalue weighted by molar-refractivity contribution is 7.91. The summed E-state index contributed by atoms with van der Waals surface area (Å²) in [5.74, 6) is 0. The molecule has 0 unspecified atom stereocenters. The molecule has 6 nitrogen and oxygen atoms in total. The molecule has 0 radical (unpaired) electrons. The van der Waals surface area contributed by atoms with Gasteiger partial charge in [0, 0.05) is 0 Å².